The number of nitrogens with one attached hydrogen (secondary N) is 2. The first-order chi connectivity index (χ1) is 14.3. The van der Waals surface area contributed by atoms with Crippen molar-refractivity contribution in [2.75, 3.05) is 0 Å². The highest BCUT2D eigenvalue weighted by molar-refractivity contribution is 7.90. The van der Waals surface area contributed by atoms with E-state index in [1.807, 2.05) is 26.8 Å². The van der Waals surface area contributed by atoms with Crippen LogP contribution in [0.4, 0.5) is 0 Å². The molecular weight excluding hydrogens is 402 g/mol. The molecule has 0 saturated heterocycles. The third-order valence-electron chi connectivity index (χ3n) is 5.44. The maximum absolute atomic E-state index is 13.2. The largest absolute Gasteiger partial charge is 0.475 e. The van der Waals surface area contributed by atoms with Crippen molar-refractivity contribution < 1.29 is 17.9 Å². The number of aromatic amines is 1. The molecule has 1 fully saturated rings. The van der Waals surface area contributed by atoms with Gasteiger partial charge in [0.25, 0.3) is 10.0 Å². The lowest BCUT2D eigenvalue weighted by Crippen LogP contribution is -2.39. The highest BCUT2D eigenvalue weighted by Crippen LogP contribution is 2.51. The average molecular weight is 428 g/mol. The van der Waals surface area contributed by atoms with Gasteiger partial charge in [-0.05, 0) is 62.9 Å². The molecular formula is C22H25N3O4S. The second-order valence-electron chi connectivity index (χ2n) is 7.93. The fraction of sp³-hybridized carbons (Fsp3) is 0.364. The Bertz CT molecular complexity index is 1210. The minimum atomic E-state index is -4.04. The summed E-state index contributed by atoms with van der Waals surface area (Å²) < 4.78 is 34.3. The summed E-state index contributed by atoms with van der Waals surface area (Å²) in [5, 5.41) is 0.543. The predicted octanol–water partition coefficient (Wildman–Crippen LogP) is 3.45. The molecule has 30 heavy (non-hydrogen) atoms. The van der Waals surface area contributed by atoms with Gasteiger partial charge in [0.15, 0.2) is 0 Å². The number of rotatable bonds is 7. The summed E-state index contributed by atoms with van der Waals surface area (Å²) in [7, 11) is -4.04. The number of hydrogen-bond acceptors (Lipinski definition) is 5. The highest BCUT2D eigenvalue weighted by Gasteiger charge is 2.54. The third-order valence-corrected chi connectivity index (χ3v) is 6.82. The lowest BCUT2D eigenvalue weighted by molar-refractivity contribution is -0.121. The highest BCUT2D eigenvalue weighted by atomic mass is 32.2. The molecule has 0 spiro atoms. The van der Waals surface area contributed by atoms with E-state index in [0.717, 1.165) is 12.0 Å². The summed E-state index contributed by atoms with van der Waals surface area (Å²) in [6, 6.07) is 8.53. The number of hydrogen-bond donors (Lipinski definition) is 2. The SMILES string of the molecule is CCc1cnc(OC(C)C)c(C2(C(=O)NS(=O)(=O)c3cccc4[nH]ccc34)CC2)c1. The Labute approximate surface area is 175 Å². The van der Waals surface area contributed by atoms with Crippen LogP contribution in [0.5, 0.6) is 5.88 Å². The van der Waals surface area contributed by atoms with Gasteiger partial charge < -0.3 is 9.72 Å². The molecule has 1 saturated carbocycles. The lowest BCUT2D eigenvalue weighted by atomic mass is 9.94. The number of benzene rings is 1. The zero-order valence-electron chi connectivity index (χ0n) is 17.2. The Hall–Kier alpha value is -2.87. The Kier molecular flexibility index (Phi) is 5.05. The van der Waals surface area contributed by atoms with E-state index in [4.69, 9.17) is 4.74 Å². The van der Waals surface area contributed by atoms with Crippen LogP contribution in [0.25, 0.3) is 10.9 Å². The Morgan fingerprint density at radius 3 is 2.73 bits per heavy atom. The van der Waals surface area contributed by atoms with Gasteiger partial charge in [-0.1, -0.05) is 13.0 Å². The molecule has 158 valence electrons. The van der Waals surface area contributed by atoms with Crippen LogP contribution in [0.1, 0.15) is 44.7 Å². The van der Waals surface area contributed by atoms with Crippen molar-refractivity contribution in [1.29, 1.82) is 0 Å². The molecule has 0 aliphatic heterocycles. The van der Waals surface area contributed by atoms with Crippen LogP contribution < -0.4 is 9.46 Å². The van der Waals surface area contributed by atoms with Crippen molar-refractivity contribution in [1.82, 2.24) is 14.7 Å². The number of ether oxygens (including phenoxy) is 1. The number of pyridine rings is 1. The van der Waals surface area contributed by atoms with E-state index >= 15 is 0 Å². The zero-order chi connectivity index (χ0) is 21.5. The summed E-state index contributed by atoms with van der Waals surface area (Å²) in [5.74, 6) is -0.154. The first-order valence-corrected chi connectivity index (χ1v) is 11.5. The zero-order valence-corrected chi connectivity index (χ0v) is 18.0. The number of carbonyl (C=O) groups excluding carboxylic acids is 1. The van der Waals surface area contributed by atoms with Gasteiger partial charge in [-0.25, -0.2) is 18.1 Å². The topological polar surface area (TPSA) is 101 Å². The van der Waals surface area contributed by atoms with E-state index in [2.05, 4.69) is 14.7 Å². The van der Waals surface area contributed by atoms with Crippen LogP contribution >= 0.6 is 0 Å². The number of fused-ring (bicyclic) bond motifs is 1. The molecule has 1 aliphatic rings. The summed E-state index contributed by atoms with van der Waals surface area (Å²) in [6.45, 7) is 5.78. The number of aromatic nitrogens is 2. The fourth-order valence-corrected chi connectivity index (χ4v) is 4.93. The molecule has 0 atom stereocenters. The van der Waals surface area contributed by atoms with Gasteiger partial charge in [-0.15, -0.1) is 0 Å². The molecule has 2 heterocycles. The van der Waals surface area contributed by atoms with Crippen LogP contribution in [0.2, 0.25) is 0 Å². The molecule has 2 aromatic heterocycles. The van der Waals surface area contributed by atoms with Crippen molar-refractivity contribution in [3.05, 3.63) is 53.9 Å². The molecule has 1 amide bonds. The van der Waals surface area contributed by atoms with Gasteiger partial charge in [0.1, 0.15) is 0 Å². The molecule has 8 heteroatoms. The van der Waals surface area contributed by atoms with E-state index in [9.17, 15) is 13.2 Å². The van der Waals surface area contributed by atoms with Gasteiger partial charge >= 0.3 is 0 Å². The minimum Gasteiger partial charge on any atom is -0.475 e. The van der Waals surface area contributed by atoms with Crippen LogP contribution in [-0.4, -0.2) is 30.4 Å². The molecule has 2 N–H and O–H groups in total. The average Bonchev–Trinajstić information content (AvgIpc) is 3.37. The molecule has 7 nitrogen and oxygen atoms in total. The molecule has 0 radical (unpaired) electrons. The summed E-state index contributed by atoms with van der Waals surface area (Å²) in [6.07, 6.45) is 5.15. The van der Waals surface area contributed by atoms with Crippen molar-refractivity contribution in [2.45, 2.75) is 56.4 Å². The molecule has 1 aliphatic carbocycles. The fourth-order valence-electron chi connectivity index (χ4n) is 3.66. The van der Waals surface area contributed by atoms with Crippen molar-refractivity contribution in [2.24, 2.45) is 0 Å². The first kappa shape index (κ1) is 20.4. The normalized spacial score (nSPS) is 15.3. The summed E-state index contributed by atoms with van der Waals surface area (Å²) in [5.41, 5.74) is 1.38. The predicted molar refractivity (Wildman–Crippen MR) is 114 cm³/mol. The van der Waals surface area contributed by atoms with Crippen molar-refractivity contribution >= 4 is 26.8 Å². The molecule has 3 aromatic rings. The summed E-state index contributed by atoms with van der Waals surface area (Å²) in [4.78, 5) is 20.7. The molecule has 0 bridgehead atoms. The van der Waals surface area contributed by atoms with Gasteiger partial charge in [0, 0.05) is 28.9 Å². The number of nitrogens with zero attached hydrogens (tertiary/aromatic N) is 1. The third kappa shape index (κ3) is 3.56. The second kappa shape index (κ2) is 7.43. The van der Waals surface area contributed by atoms with Gasteiger partial charge in [0.2, 0.25) is 11.8 Å². The van der Waals surface area contributed by atoms with Gasteiger partial charge in [0.05, 0.1) is 16.4 Å². The Balaban J connectivity index is 1.69. The maximum Gasteiger partial charge on any atom is 0.264 e. The van der Waals surface area contributed by atoms with E-state index in [1.165, 1.54) is 6.07 Å². The van der Waals surface area contributed by atoms with Crippen LogP contribution in [0.15, 0.2) is 47.6 Å². The monoisotopic (exact) mass is 427 g/mol. The van der Waals surface area contributed by atoms with Crippen molar-refractivity contribution in [3.63, 3.8) is 0 Å². The van der Waals surface area contributed by atoms with Crippen LogP contribution in [0.3, 0.4) is 0 Å². The number of carbonyl (C=O) groups is 1. The Morgan fingerprint density at radius 1 is 1.30 bits per heavy atom. The smallest absolute Gasteiger partial charge is 0.264 e. The van der Waals surface area contributed by atoms with Crippen LogP contribution in [0, 0.1) is 0 Å². The number of sulfonamides is 1. The van der Waals surface area contributed by atoms with Crippen LogP contribution in [-0.2, 0) is 26.7 Å². The van der Waals surface area contributed by atoms with E-state index < -0.39 is 21.3 Å². The van der Waals surface area contributed by atoms with E-state index in [1.54, 1.807) is 30.6 Å². The molecule has 0 unspecified atom stereocenters. The second-order valence-corrected chi connectivity index (χ2v) is 9.58. The van der Waals surface area contributed by atoms with Gasteiger partial charge in [-0.3, -0.25) is 4.79 Å². The Morgan fingerprint density at radius 2 is 2.07 bits per heavy atom. The first-order valence-electron chi connectivity index (χ1n) is 10.1. The van der Waals surface area contributed by atoms with Gasteiger partial charge in [-0.2, -0.15) is 0 Å². The number of amides is 1. The standard InChI is InChI=1S/C22H25N3O4S/c1-4-15-12-17(20(24-13-15)29-14(2)3)22(9-10-22)21(26)25-30(27,28)19-7-5-6-18-16(19)8-11-23-18/h5-8,11-14,23H,4,9-10H2,1-3H3,(H,25,26). The van der Waals surface area contributed by atoms with Crippen molar-refractivity contribution in [3.8, 4) is 5.88 Å². The number of H-pyrrole nitrogens is 1. The van der Waals surface area contributed by atoms with E-state index in [-0.39, 0.29) is 11.0 Å². The molecule has 4 rings (SSSR count). The lowest BCUT2D eigenvalue weighted by Gasteiger charge is -2.21. The quantitative estimate of drug-likeness (QED) is 0.601. The molecule has 1 aromatic carbocycles. The minimum absolute atomic E-state index is 0.0736. The van der Waals surface area contributed by atoms with E-state index in [0.29, 0.717) is 35.2 Å². The number of aryl methyl sites for hydroxylation is 1. The maximum atomic E-state index is 13.2. The summed E-state index contributed by atoms with van der Waals surface area (Å²) >= 11 is 0.